The van der Waals surface area contributed by atoms with E-state index in [4.69, 9.17) is 15.2 Å². The van der Waals surface area contributed by atoms with E-state index >= 15 is 0 Å². The molecule has 0 aliphatic heterocycles. The van der Waals surface area contributed by atoms with Crippen LogP contribution in [0.1, 0.15) is 0 Å². The van der Waals surface area contributed by atoms with Gasteiger partial charge in [-0.25, -0.2) is 14.0 Å². The number of pyridine rings is 1. The highest BCUT2D eigenvalue weighted by Crippen LogP contribution is 2.38. The van der Waals surface area contributed by atoms with Crippen molar-refractivity contribution in [3.8, 4) is 45.0 Å². The fourth-order valence-electron chi connectivity index (χ4n) is 6.25. The van der Waals surface area contributed by atoms with Gasteiger partial charge in [-0.2, -0.15) is 10.2 Å². The summed E-state index contributed by atoms with van der Waals surface area (Å²) in [6.07, 6.45) is 0. The lowest BCUT2D eigenvalue weighted by molar-refractivity contribution is 0.949. The van der Waals surface area contributed by atoms with E-state index in [1.807, 2.05) is 34.8 Å². The molecule has 9 rings (SSSR count). The van der Waals surface area contributed by atoms with E-state index in [1.54, 1.807) is 0 Å². The summed E-state index contributed by atoms with van der Waals surface area (Å²) in [4.78, 5) is 5.11. The number of benzene rings is 5. The van der Waals surface area contributed by atoms with Crippen molar-refractivity contribution in [3.63, 3.8) is 0 Å². The summed E-state index contributed by atoms with van der Waals surface area (Å²) in [5.74, 6) is 0.807. The minimum atomic E-state index is 0.807. The number of nitrogens with zero attached hydrogens (tertiary/aromatic N) is 5. The second-order valence-electron chi connectivity index (χ2n) is 11.0. The summed E-state index contributed by atoms with van der Waals surface area (Å²) < 4.78 is 4.06. The molecule has 0 fully saturated rings. The summed E-state index contributed by atoms with van der Waals surface area (Å²) in [5.41, 5.74) is 11.4. The van der Waals surface area contributed by atoms with E-state index in [9.17, 15) is 0 Å². The van der Waals surface area contributed by atoms with E-state index in [-0.39, 0.29) is 0 Å². The topological polar surface area (TPSA) is 47.5 Å². The molecule has 0 bridgehead atoms. The first-order chi connectivity index (χ1) is 21.8. The van der Waals surface area contributed by atoms with Gasteiger partial charge in [0, 0.05) is 33.0 Å². The van der Waals surface area contributed by atoms with Crippen molar-refractivity contribution in [3.05, 3.63) is 152 Å². The molecule has 44 heavy (non-hydrogen) atoms. The third-order valence-corrected chi connectivity index (χ3v) is 8.37. The average molecular weight is 564 g/mol. The summed E-state index contributed by atoms with van der Waals surface area (Å²) in [6.45, 7) is 0. The lowest BCUT2D eigenvalue weighted by atomic mass is 9.98. The predicted octanol–water partition coefficient (Wildman–Crippen LogP) is 9.35. The van der Waals surface area contributed by atoms with Crippen LogP contribution >= 0.6 is 0 Å². The van der Waals surface area contributed by atoms with Crippen LogP contribution in [-0.2, 0) is 0 Å². The van der Waals surface area contributed by atoms with Crippen LogP contribution in [0.25, 0.3) is 77.9 Å². The summed E-state index contributed by atoms with van der Waals surface area (Å²) in [7, 11) is 0. The largest absolute Gasteiger partial charge is 0.232 e. The molecule has 4 aromatic heterocycles. The minimum Gasteiger partial charge on any atom is -0.232 e. The standard InChI is InChI=1S/C39H25N5/c1-3-11-26(12-4-1)33-25-36-31-16-8-9-17-32(31)40-39(44(36)41-33)30-21-19-28(20-22-30)37-35-24-23-27-13-7-10-18-34(27)43(35)42-38(37)29-14-5-2-6-15-29/h1-25H. The number of hydrogen-bond acceptors (Lipinski definition) is 3. The van der Waals surface area contributed by atoms with Gasteiger partial charge in [0.05, 0.1) is 27.8 Å². The highest BCUT2D eigenvalue weighted by molar-refractivity contribution is 5.98. The second kappa shape index (κ2) is 9.75. The lowest BCUT2D eigenvalue weighted by Crippen LogP contribution is -1.99. The van der Waals surface area contributed by atoms with Gasteiger partial charge in [-0.15, -0.1) is 0 Å². The molecule has 0 aliphatic rings. The Morgan fingerprint density at radius 1 is 0.432 bits per heavy atom. The highest BCUT2D eigenvalue weighted by Gasteiger charge is 2.19. The average Bonchev–Trinajstić information content (AvgIpc) is 3.72. The maximum atomic E-state index is 5.16. The normalized spacial score (nSPS) is 11.6. The molecule has 0 spiro atoms. The first-order valence-corrected chi connectivity index (χ1v) is 14.7. The van der Waals surface area contributed by atoms with Gasteiger partial charge < -0.3 is 0 Å². The zero-order valence-electron chi connectivity index (χ0n) is 23.7. The Morgan fingerprint density at radius 2 is 1.11 bits per heavy atom. The maximum absolute atomic E-state index is 5.16. The van der Waals surface area contributed by atoms with E-state index in [1.165, 1.54) is 0 Å². The van der Waals surface area contributed by atoms with Crippen LogP contribution in [0, 0.1) is 0 Å². The molecule has 0 saturated carbocycles. The van der Waals surface area contributed by atoms with Crippen LogP contribution in [-0.4, -0.2) is 24.2 Å². The molecule has 0 aliphatic carbocycles. The Labute approximate surface area is 253 Å². The van der Waals surface area contributed by atoms with Gasteiger partial charge in [-0.1, -0.05) is 127 Å². The van der Waals surface area contributed by atoms with Crippen molar-refractivity contribution in [1.29, 1.82) is 0 Å². The molecule has 0 atom stereocenters. The third kappa shape index (κ3) is 3.83. The molecule has 9 aromatic rings. The van der Waals surface area contributed by atoms with Crippen LogP contribution < -0.4 is 0 Å². The molecule has 0 unspecified atom stereocenters. The van der Waals surface area contributed by atoms with Crippen LogP contribution in [0.4, 0.5) is 0 Å². The SMILES string of the molecule is c1ccc(-c2cc3c4ccccc4nc(-c4ccc(-c5c(-c6ccccc6)nn6c5ccc5ccccc56)cc4)n3n2)cc1. The first-order valence-electron chi connectivity index (χ1n) is 14.7. The summed E-state index contributed by atoms with van der Waals surface area (Å²) in [6, 6.07) is 52.5. The Bertz CT molecular complexity index is 2470. The Balaban J connectivity index is 1.24. The van der Waals surface area contributed by atoms with E-state index in [2.05, 4.69) is 126 Å². The molecular weight excluding hydrogens is 538 g/mol. The van der Waals surface area contributed by atoms with E-state index in [0.717, 1.165) is 77.9 Å². The summed E-state index contributed by atoms with van der Waals surface area (Å²) in [5, 5.41) is 12.4. The number of hydrogen-bond donors (Lipinski definition) is 0. The molecule has 0 saturated heterocycles. The van der Waals surface area contributed by atoms with Crippen molar-refractivity contribution in [2.45, 2.75) is 0 Å². The molecule has 0 N–H and O–H groups in total. The van der Waals surface area contributed by atoms with Crippen molar-refractivity contribution in [2.75, 3.05) is 0 Å². The van der Waals surface area contributed by atoms with Crippen molar-refractivity contribution < 1.29 is 0 Å². The maximum Gasteiger partial charge on any atom is 0.161 e. The zero-order valence-corrected chi connectivity index (χ0v) is 23.7. The van der Waals surface area contributed by atoms with Gasteiger partial charge in [-0.3, -0.25) is 0 Å². The fraction of sp³-hybridized carbons (Fsp3) is 0. The van der Waals surface area contributed by atoms with Crippen molar-refractivity contribution >= 4 is 32.8 Å². The van der Waals surface area contributed by atoms with Gasteiger partial charge in [-0.05, 0) is 29.8 Å². The molecule has 5 aromatic carbocycles. The van der Waals surface area contributed by atoms with Crippen LogP contribution in [0.15, 0.2) is 152 Å². The van der Waals surface area contributed by atoms with Gasteiger partial charge in [0.1, 0.15) is 5.69 Å². The Morgan fingerprint density at radius 3 is 1.93 bits per heavy atom. The van der Waals surface area contributed by atoms with E-state index in [0.29, 0.717) is 0 Å². The molecular formula is C39H25N5. The van der Waals surface area contributed by atoms with Crippen LogP contribution in [0.3, 0.4) is 0 Å². The lowest BCUT2D eigenvalue weighted by Gasteiger charge is -2.09. The van der Waals surface area contributed by atoms with Gasteiger partial charge in [0.25, 0.3) is 0 Å². The first kappa shape index (κ1) is 24.5. The molecule has 0 radical (unpaired) electrons. The predicted molar refractivity (Wildman–Crippen MR) is 178 cm³/mol. The number of para-hydroxylation sites is 2. The van der Waals surface area contributed by atoms with Gasteiger partial charge in [0.2, 0.25) is 0 Å². The molecule has 5 heteroatoms. The zero-order chi connectivity index (χ0) is 29.0. The highest BCUT2D eigenvalue weighted by atomic mass is 15.3. The monoisotopic (exact) mass is 563 g/mol. The molecule has 4 heterocycles. The number of rotatable bonds is 4. The molecule has 0 amide bonds. The Kier molecular flexibility index (Phi) is 5.43. The second-order valence-corrected chi connectivity index (χ2v) is 11.0. The van der Waals surface area contributed by atoms with Gasteiger partial charge in [0.15, 0.2) is 5.82 Å². The van der Waals surface area contributed by atoms with Crippen LogP contribution in [0.5, 0.6) is 0 Å². The van der Waals surface area contributed by atoms with Crippen molar-refractivity contribution in [2.24, 2.45) is 0 Å². The third-order valence-electron chi connectivity index (χ3n) is 8.37. The molecule has 5 nitrogen and oxygen atoms in total. The summed E-state index contributed by atoms with van der Waals surface area (Å²) >= 11 is 0. The number of fused-ring (bicyclic) bond motifs is 6. The number of aromatic nitrogens is 5. The van der Waals surface area contributed by atoms with Gasteiger partial charge >= 0.3 is 0 Å². The minimum absolute atomic E-state index is 0.807. The quantitative estimate of drug-likeness (QED) is 0.214. The smallest absolute Gasteiger partial charge is 0.161 e. The fourth-order valence-corrected chi connectivity index (χ4v) is 6.25. The van der Waals surface area contributed by atoms with Crippen LogP contribution in [0.2, 0.25) is 0 Å². The Hall–Kier alpha value is -6.07. The van der Waals surface area contributed by atoms with E-state index < -0.39 is 0 Å². The van der Waals surface area contributed by atoms with Crippen molar-refractivity contribution in [1.82, 2.24) is 24.2 Å². The molecule has 206 valence electrons.